The van der Waals surface area contributed by atoms with Crippen LogP contribution in [0, 0.1) is 18.3 Å². The molecule has 0 aliphatic rings. The Morgan fingerprint density at radius 2 is 2.09 bits per heavy atom. The molecule has 0 aromatic carbocycles. The van der Waals surface area contributed by atoms with Crippen LogP contribution in [0.3, 0.4) is 0 Å². The molecule has 7 heteroatoms. The first-order valence-electron chi connectivity index (χ1n) is 6.58. The number of carbonyl (C=O) groups excluding carboxylic acids is 1. The molecule has 3 aromatic heterocycles. The highest BCUT2D eigenvalue weighted by Crippen LogP contribution is 2.26. The second-order valence-corrected chi connectivity index (χ2v) is 4.74. The molecule has 0 bridgehead atoms. The second kappa shape index (κ2) is 5.26. The SMILES string of the molecule is Cc1oc(-n2cccc2)c(C#N)c1C(=O)Nc1ccn(C)n1. The van der Waals surface area contributed by atoms with Gasteiger partial charge in [0.15, 0.2) is 5.82 Å². The Balaban J connectivity index is 2.00. The van der Waals surface area contributed by atoms with Gasteiger partial charge in [0, 0.05) is 31.7 Å². The smallest absolute Gasteiger partial charge is 0.261 e. The number of nitriles is 1. The minimum absolute atomic E-state index is 0.196. The maximum absolute atomic E-state index is 12.4. The van der Waals surface area contributed by atoms with Crippen LogP contribution in [0.1, 0.15) is 21.7 Å². The fraction of sp³-hybridized carbons (Fsp3) is 0.133. The number of nitrogens with zero attached hydrogens (tertiary/aromatic N) is 4. The van der Waals surface area contributed by atoms with Gasteiger partial charge < -0.3 is 9.73 Å². The van der Waals surface area contributed by atoms with Crippen molar-refractivity contribution in [3.8, 4) is 12.0 Å². The molecule has 1 amide bonds. The molecule has 0 atom stereocenters. The number of rotatable bonds is 3. The maximum atomic E-state index is 12.4. The third kappa shape index (κ3) is 2.27. The average Bonchev–Trinajstić information content (AvgIpc) is 3.18. The molecule has 3 aromatic rings. The summed E-state index contributed by atoms with van der Waals surface area (Å²) < 4.78 is 8.83. The van der Waals surface area contributed by atoms with Crippen LogP contribution in [0.15, 0.2) is 41.2 Å². The average molecular weight is 295 g/mol. The molecular formula is C15H13N5O2. The summed E-state index contributed by atoms with van der Waals surface area (Å²) in [6, 6.07) is 7.34. The van der Waals surface area contributed by atoms with Crippen molar-refractivity contribution in [1.82, 2.24) is 14.3 Å². The number of amides is 1. The molecule has 1 N–H and O–H groups in total. The van der Waals surface area contributed by atoms with E-state index in [-0.39, 0.29) is 11.1 Å². The van der Waals surface area contributed by atoms with Crippen molar-refractivity contribution < 1.29 is 9.21 Å². The molecule has 0 radical (unpaired) electrons. The first-order chi connectivity index (χ1) is 10.6. The van der Waals surface area contributed by atoms with Gasteiger partial charge in [0.2, 0.25) is 5.88 Å². The van der Waals surface area contributed by atoms with Crippen molar-refractivity contribution in [2.75, 3.05) is 5.32 Å². The lowest BCUT2D eigenvalue weighted by molar-refractivity contribution is 0.102. The fourth-order valence-corrected chi connectivity index (χ4v) is 2.22. The van der Waals surface area contributed by atoms with Crippen LogP contribution < -0.4 is 5.32 Å². The molecule has 0 aliphatic heterocycles. The fourth-order valence-electron chi connectivity index (χ4n) is 2.22. The quantitative estimate of drug-likeness (QED) is 0.802. The Morgan fingerprint density at radius 1 is 1.36 bits per heavy atom. The summed E-state index contributed by atoms with van der Waals surface area (Å²) in [5, 5.41) is 16.2. The molecular weight excluding hydrogens is 282 g/mol. The Bertz CT molecular complexity index is 865. The van der Waals surface area contributed by atoms with Gasteiger partial charge >= 0.3 is 0 Å². The summed E-state index contributed by atoms with van der Waals surface area (Å²) in [5.41, 5.74) is 0.416. The predicted molar refractivity (Wildman–Crippen MR) is 78.6 cm³/mol. The van der Waals surface area contributed by atoms with Crippen LogP contribution in [0.5, 0.6) is 0 Å². The molecule has 0 saturated carbocycles. The Morgan fingerprint density at radius 3 is 2.68 bits per heavy atom. The van der Waals surface area contributed by atoms with E-state index in [4.69, 9.17) is 4.42 Å². The third-order valence-electron chi connectivity index (χ3n) is 3.20. The van der Waals surface area contributed by atoms with Crippen molar-refractivity contribution in [3.63, 3.8) is 0 Å². The number of aromatic nitrogens is 3. The van der Waals surface area contributed by atoms with E-state index in [1.54, 1.807) is 47.9 Å². The normalized spacial score (nSPS) is 10.4. The van der Waals surface area contributed by atoms with Gasteiger partial charge in [-0.05, 0) is 19.1 Å². The van der Waals surface area contributed by atoms with E-state index < -0.39 is 5.91 Å². The minimum Gasteiger partial charge on any atom is -0.443 e. The van der Waals surface area contributed by atoms with Crippen molar-refractivity contribution in [3.05, 3.63) is 53.7 Å². The standard InChI is InChI=1S/C15H13N5O2/c1-10-13(14(21)17-12-5-8-19(2)18-12)11(9-16)15(22-10)20-6-3-4-7-20/h3-8H,1-2H3,(H,17,18,21). The minimum atomic E-state index is -0.421. The van der Waals surface area contributed by atoms with Crippen LogP contribution in [0.25, 0.3) is 5.88 Å². The Kier molecular flexibility index (Phi) is 3.27. The first kappa shape index (κ1) is 13.7. The van der Waals surface area contributed by atoms with Crippen LogP contribution in [-0.2, 0) is 7.05 Å². The van der Waals surface area contributed by atoms with E-state index in [1.807, 2.05) is 18.2 Å². The molecule has 7 nitrogen and oxygen atoms in total. The van der Waals surface area contributed by atoms with Gasteiger partial charge in [0.1, 0.15) is 23.0 Å². The highest BCUT2D eigenvalue weighted by Gasteiger charge is 2.24. The summed E-state index contributed by atoms with van der Waals surface area (Å²) in [6.45, 7) is 1.65. The topological polar surface area (TPSA) is 88.8 Å². The van der Waals surface area contributed by atoms with Crippen LogP contribution in [0.2, 0.25) is 0 Å². The van der Waals surface area contributed by atoms with Gasteiger partial charge in [0.25, 0.3) is 5.91 Å². The highest BCUT2D eigenvalue weighted by molar-refractivity contribution is 6.06. The molecule has 0 unspecified atom stereocenters. The van der Waals surface area contributed by atoms with Crippen molar-refractivity contribution in [2.24, 2.45) is 7.05 Å². The highest BCUT2D eigenvalue weighted by atomic mass is 16.4. The summed E-state index contributed by atoms with van der Waals surface area (Å²) >= 11 is 0. The van der Waals surface area contributed by atoms with E-state index in [2.05, 4.69) is 10.4 Å². The lowest BCUT2D eigenvalue weighted by Gasteiger charge is -2.01. The monoisotopic (exact) mass is 295 g/mol. The lowest BCUT2D eigenvalue weighted by Crippen LogP contribution is -2.14. The second-order valence-electron chi connectivity index (χ2n) is 4.74. The largest absolute Gasteiger partial charge is 0.443 e. The number of furan rings is 1. The van der Waals surface area contributed by atoms with Gasteiger partial charge in [-0.1, -0.05) is 0 Å². The number of aryl methyl sites for hydroxylation is 2. The molecule has 0 spiro atoms. The van der Waals surface area contributed by atoms with Crippen LogP contribution in [-0.4, -0.2) is 20.3 Å². The predicted octanol–water partition coefficient (Wildman–Crippen LogP) is 2.24. The molecule has 22 heavy (non-hydrogen) atoms. The molecule has 0 aliphatic carbocycles. The number of nitrogens with one attached hydrogen (secondary N) is 1. The van der Waals surface area contributed by atoms with Crippen LogP contribution >= 0.6 is 0 Å². The van der Waals surface area contributed by atoms with Crippen molar-refractivity contribution in [1.29, 1.82) is 5.26 Å². The molecule has 0 saturated heterocycles. The number of carbonyl (C=O) groups is 1. The zero-order valence-corrected chi connectivity index (χ0v) is 12.1. The van der Waals surface area contributed by atoms with Crippen LogP contribution in [0.4, 0.5) is 5.82 Å². The maximum Gasteiger partial charge on any atom is 0.261 e. The number of anilines is 1. The van der Waals surface area contributed by atoms with E-state index in [1.165, 1.54) is 0 Å². The summed E-state index contributed by atoms with van der Waals surface area (Å²) in [5.74, 6) is 0.708. The summed E-state index contributed by atoms with van der Waals surface area (Å²) in [6.07, 6.45) is 5.22. The van der Waals surface area contributed by atoms with E-state index >= 15 is 0 Å². The summed E-state index contributed by atoms with van der Waals surface area (Å²) in [7, 11) is 1.75. The lowest BCUT2D eigenvalue weighted by atomic mass is 10.1. The van der Waals surface area contributed by atoms with Crippen molar-refractivity contribution in [2.45, 2.75) is 6.92 Å². The zero-order chi connectivity index (χ0) is 15.7. The zero-order valence-electron chi connectivity index (χ0n) is 12.1. The van der Waals surface area contributed by atoms with E-state index in [9.17, 15) is 10.1 Å². The number of hydrogen-bond donors (Lipinski definition) is 1. The summed E-state index contributed by atoms with van der Waals surface area (Å²) in [4.78, 5) is 12.4. The molecule has 0 fully saturated rings. The first-order valence-corrected chi connectivity index (χ1v) is 6.58. The van der Waals surface area contributed by atoms with E-state index in [0.29, 0.717) is 17.5 Å². The van der Waals surface area contributed by atoms with Gasteiger partial charge in [0.05, 0.1) is 0 Å². The Labute approximate surface area is 126 Å². The Hall–Kier alpha value is -3.27. The van der Waals surface area contributed by atoms with E-state index in [0.717, 1.165) is 0 Å². The van der Waals surface area contributed by atoms with Gasteiger partial charge in [-0.15, -0.1) is 0 Å². The molecule has 110 valence electrons. The third-order valence-corrected chi connectivity index (χ3v) is 3.20. The van der Waals surface area contributed by atoms with Gasteiger partial charge in [-0.2, -0.15) is 10.4 Å². The van der Waals surface area contributed by atoms with Crippen molar-refractivity contribution >= 4 is 11.7 Å². The number of hydrogen-bond acceptors (Lipinski definition) is 4. The molecule has 3 rings (SSSR count). The van der Waals surface area contributed by atoms with Gasteiger partial charge in [-0.25, -0.2) is 0 Å². The van der Waals surface area contributed by atoms with Gasteiger partial charge in [-0.3, -0.25) is 14.0 Å². The molecule has 3 heterocycles.